The smallest absolute Gasteiger partial charge is 0.238 e. The van der Waals surface area contributed by atoms with Gasteiger partial charge in [-0.2, -0.15) is 4.98 Å². The van der Waals surface area contributed by atoms with E-state index in [4.69, 9.17) is 16.3 Å². The zero-order chi connectivity index (χ0) is 14.1. The minimum atomic E-state index is 0.642. The molecule has 1 N–H and O–H groups in total. The molecule has 20 heavy (non-hydrogen) atoms. The van der Waals surface area contributed by atoms with E-state index in [2.05, 4.69) is 10.3 Å². The third kappa shape index (κ3) is 2.34. The third-order valence-corrected chi connectivity index (χ3v) is 4.14. The van der Waals surface area contributed by atoms with Crippen molar-refractivity contribution >= 4 is 33.6 Å². The van der Waals surface area contributed by atoms with Gasteiger partial charge in [0, 0.05) is 22.3 Å². The van der Waals surface area contributed by atoms with Gasteiger partial charge in [-0.3, -0.25) is 4.40 Å². The molecule has 0 bridgehead atoms. The van der Waals surface area contributed by atoms with Gasteiger partial charge in [0.1, 0.15) is 5.69 Å². The number of fused-ring (bicyclic) bond motifs is 1. The molecule has 0 unspecified atom stereocenters. The number of halogens is 1. The first-order valence-electron chi connectivity index (χ1n) is 6.17. The number of thiazole rings is 1. The predicted octanol–water partition coefficient (Wildman–Crippen LogP) is 3.98. The van der Waals surface area contributed by atoms with Gasteiger partial charge >= 0.3 is 0 Å². The van der Waals surface area contributed by atoms with Crippen molar-refractivity contribution in [3.05, 3.63) is 46.1 Å². The van der Waals surface area contributed by atoms with E-state index >= 15 is 0 Å². The average molecular weight is 308 g/mol. The lowest BCUT2D eigenvalue weighted by Gasteiger charge is -2.10. The van der Waals surface area contributed by atoms with Crippen LogP contribution in [0.2, 0.25) is 5.02 Å². The molecular weight excluding hydrogens is 294 g/mol. The number of methoxy groups -OCH3 is 1. The first kappa shape index (κ1) is 13.3. The Hall–Kier alpha value is -1.72. The van der Waals surface area contributed by atoms with E-state index in [1.807, 2.05) is 41.1 Å². The Labute approximate surface area is 126 Å². The summed E-state index contributed by atoms with van der Waals surface area (Å²) in [5, 5.41) is 6.16. The van der Waals surface area contributed by atoms with Gasteiger partial charge in [-0.15, -0.1) is 11.3 Å². The normalized spacial score (nSPS) is 10.9. The number of rotatable bonds is 4. The molecule has 3 rings (SSSR count). The predicted molar refractivity (Wildman–Crippen MR) is 83.1 cm³/mol. The van der Waals surface area contributed by atoms with Crippen molar-refractivity contribution in [3.63, 3.8) is 0 Å². The van der Waals surface area contributed by atoms with Crippen LogP contribution in [0.5, 0.6) is 5.88 Å². The minimum Gasteiger partial charge on any atom is -0.480 e. The second kappa shape index (κ2) is 5.34. The fraction of sp³-hybridized carbons (Fsp3) is 0.214. The summed E-state index contributed by atoms with van der Waals surface area (Å²) >= 11 is 7.56. The maximum atomic E-state index is 5.97. The highest BCUT2D eigenvalue weighted by atomic mass is 35.5. The summed E-state index contributed by atoms with van der Waals surface area (Å²) in [5.41, 5.74) is 3.18. The second-order valence-corrected chi connectivity index (χ2v) is 5.75. The van der Waals surface area contributed by atoms with Crippen molar-refractivity contribution in [2.45, 2.75) is 13.5 Å². The van der Waals surface area contributed by atoms with Crippen molar-refractivity contribution in [2.24, 2.45) is 0 Å². The monoisotopic (exact) mass is 307 g/mol. The summed E-state index contributed by atoms with van der Waals surface area (Å²) in [6, 6.07) is 5.80. The first-order chi connectivity index (χ1) is 9.69. The molecule has 2 heterocycles. The van der Waals surface area contributed by atoms with E-state index in [0.717, 1.165) is 26.9 Å². The molecule has 1 aromatic carbocycles. The Kier molecular flexibility index (Phi) is 3.54. The molecule has 0 aliphatic carbocycles. The van der Waals surface area contributed by atoms with Gasteiger partial charge in [0.2, 0.25) is 5.88 Å². The molecule has 0 fully saturated rings. The molecule has 0 spiro atoms. The Bertz CT molecular complexity index is 750. The van der Waals surface area contributed by atoms with E-state index in [9.17, 15) is 0 Å². The maximum Gasteiger partial charge on any atom is 0.238 e. The highest BCUT2D eigenvalue weighted by molar-refractivity contribution is 7.15. The number of aryl methyl sites for hydroxylation is 1. The topological polar surface area (TPSA) is 38.6 Å². The highest BCUT2D eigenvalue weighted by Crippen LogP contribution is 2.25. The van der Waals surface area contributed by atoms with Crippen LogP contribution >= 0.6 is 22.9 Å². The zero-order valence-corrected chi connectivity index (χ0v) is 12.8. The summed E-state index contributed by atoms with van der Waals surface area (Å²) in [5.74, 6) is 0.663. The van der Waals surface area contributed by atoms with Crippen LogP contribution in [0.4, 0.5) is 5.69 Å². The molecule has 0 aliphatic heterocycles. The summed E-state index contributed by atoms with van der Waals surface area (Å²) in [4.78, 5) is 5.37. The number of imidazole rings is 1. The number of nitrogens with zero attached hydrogens (tertiary/aromatic N) is 2. The van der Waals surface area contributed by atoms with Crippen molar-refractivity contribution in [1.82, 2.24) is 9.38 Å². The molecule has 0 atom stereocenters. The summed E-state index contributed by atoms with van der Waals surface area (Å²) in [6.45, 7) is 2.67. The van der Waals surface area contributed by atoms with Crippen LogP contribution in [-0.4, -0.2) is 16.5 Å². The van der Waals surface area contributed by atoms with Crippen molar-refractivity contribution in [2.75, 3.05) is 12.4 Å². The lowest BCUT2D eigenvalue weighted by molar-refractivity contribution is 0.395. The zero-order valence-electron chi connectivity index (χ0n) is 11.2. The van der Waals surface area contributed by atoms with Gasteiger partial charge in [-0.1, -0.05) is 11.6 Å². The SMILES string of the molecule is COc1nc2sccn2c1CNc1ccc(Cl)cc1C. The molecule has 6 heteroatoms. The number of aromatic nitrogens is 2. The van der Waals surface area contributed by atoms with Crippen LogP contribution in [-0.2, 0) is 6.54 Å². The summed E-state index contributed by atoms with van der Waals surface area (Å²) in [7, 11) is 1.64. The lowest BCUT2D eigenvalue weighted by atomic mass is 10.2. The van der Waals surface area contributed by atoms with Gasteiger partial charge in [-0.25, -0.2) is 0 Å². The fourth-order valence-corrected chi connectivity index (χ4v) is 3.09. The molecule has 4 nitrogen and oxygen atoms in total. The maximum absolute atomic E-state index is 5.97. The Balaban J connectivity index is 1.87. The fourth-order valence-electron chi connectivity index (χ4n) is 2.14. The van der Waals surface area contributed by atoms with Crippen LogP contribution in [0, 0.1) is 6.92 Å². The van der Waals surface area contributed by atoms with Gasteiger partial charge in [0.25, 0.3) is 0 Å². The van der Waals surface area contributed by atoms with E-state index in [0.29, 0.717) is 12.4 Å². The van der Waals surface area contributed by atoms with Crippen LogP contribution in [0.15, 0.2) is 29.8 Å². The largest absolute Gasteiger partial charge is 0.480 e. The van der Waals surface area contributed by atoms with Crippen LogP contribution in [0.3, 0.4) is 0 Å². The van der Waals surface area contributed by atoms with Crippen molar-refractivity contribution < 1.29 is 4.74 Å². The molecule has 0 radical (unpaired) electrons. The molecular formula is C14H14ClN3OS. The molecule has 0 aliphatic rings. The highest BCUT2D eigenvalue weighted by Gasteiger charge is 2.13. The Morgan fingerprint density at radius 1 is 1.45 bits per heavy atom. The molecule has 3 aromatic rings. The minimum absolute atomic E-state index is 0.642. The number of anilines is 1. The Morgan fingerprint density at radius 2 is 2.30 bits per heavy atom. The van der Waals surface area contributed by atoms with Crippen LogP contribution < -0.4 is 10.1 Å². The molecule has 0 saturated heterocycles. The number of hydrogen-bond acceptors (Lipinski definition) is 4. The van der Waals surface area contributed by atoms with Gasteiger partial charge in [-0.05, 0) is 30.7 Å². The van der Waals surface area contributed by atoms with E-state index in [1.54, 1.807) is 18.4 Å². The van der Waals surface area contributed by atoms with Crippen molar-refractivity contribution in [3.8, 4) is 5.88 Å². The van der Waals surface area contributed by atoms with E-state index in [-0.39, 0.29) is 0 Å². The van der Waals surface area contributed by atoms with Gasteiger partial charge in [0.15, 0.2) is 4.96 Å². The molecule has 104 valence electrons. The van der Waals surface area contributed by atoms with Gasteiger partial charge in [0.05, 0.1) is 13.7 Å². The number of hydrogen-bond donors (Lipinski definition) is 1. The molecule has 0 saturated carbocycles. The number of ether oxygens (including phenoxy) is 1. The summed E-state index contributed by atoms with van der Waals surface area (Å²) in [6.07, 6.45) is 2.00. The van der Waals surface area contributed by atoms with Crippen LogP contribution in [0.25, 0.3) is 4.96 Å². The van der Waals surface area contributed by atoms with Crippen LogP contribution in [0.1, 0.15) is 11.3 Å². The van der Waals surface area contributed by atoms with Crippen molar-refractivity contribution in [1.29, 1.82) is 0 Å². The average Bonchev–Trinajstić information content (AvgIpc) is 2.98. The van der Waals surface area contributed by atoms with E-state index < -0.39 is 0 Å². The van der Waals surface area contributed by atoms with E-state index in [1.165, 1.54) is 0 Å². The number of nitrogens with one attached hydrogen (secondary N) is 1. The summed E-state index contributed by atoms with van der Waals surface area (Å²) < 4.78 is 7.38. The standard InChI is InChI=1S/C14H14ClN3OS/c1-9-7-10(15)3-4-11(9)16-8-12-13(19-2)17-14-18(12)5-6-20-14/h3-7,16H,8H2,1-2H3. The third-order valence-electron chi connectivity index (χ3n) is 3.15. The van der Waals surface area contributed by atoms with Gasteiger partial charge < -0.3 is 10.1 Å². The second-order valence-electron chi connectivity index (χ2n) is 4.44. The number of benzene rings is 1. The quantitative estimate of drug-likeness (QED) is 0.792. The molecule has 2 aromatic heterocycles. The Morgan fingerprint density at radius 3 is 3.05 bits per heavy atom. The molecule has 0 amide bonds. The first-order valence-corrected chi connectivity index (χ1v) is 7.43. The lowest BCUT2D eigenvalue weighted by Crippen LogP contribution is -2.04.